The first-order valence-corrected chi connectivity index (χ1v) is 10.9. The second-order valence-corrected chi connectivity index (χ2v) is 9.31. The predicted octanol–water partition coefficient (Wildman–Crippen LogP) is 2.96. The lowest BCUT2D eigenvalue weighted by atomic mass is 9.78. The fourth-order valence-corrected chi connectivity index (χ4v) is 3.66. The fraction of sp³-hybridized carbons (Fsp3) is 0.320. The number of benzene rings is 2. The van der Waals surface area contributed by atoms with Gasteiger partial charge in [-0.1, -0.05) is 42.5 Å². The first-order valence-electron chi connectivity index (χ1n) is 10.9. The van der Waals surface area contributed by atoms with Gasteiger partial charge in [0.1, 0.15) is 6.04 Å². The molecule has 1 fully saturated rings. The van der Waals surface area contributed by atoms with Gasteiger partial charge in [0.15, 0.2) is 0 Å². The maximum Gasteiger partial charge on any atom is 0.494 e. The minimum atomic E-state index is -1.10. The largest absolute Gasteiger partial charge is 0.494 e. The van der Waals surface area contributed by atoms with Crippen LogP contribution >= 0.6 is 0 Å². The van der Waals surface area contributed by atoms with Gasteiger partial charge in [-0.25, -0.2) is 4.79 Å². The van der Waals surface area contributed by atoms with Crippen LogP contribution in [0.2, 0.25) is 0 Å². The van der Waals surface area contributed by atoms with Gasteiger partial charge in [-0.3, -0.25) is 9.78 Å². The van der Waals surface area contributed by atoms with Crippen molar-refractivity contribution in [3.63, 3.8) is 0 Å². The van der Waals surface area contributed by atoms with Crippen molar-refractivity contribution in [2.75, 3.05) is 0 Å². The number of pyridine rings is 1. The fourth-order valence-electron chi connectivity index (χ4n) is 3.66. The summed E-state index contributed by atoms with van der Waals surface area (Å²) in [6.07, 6.45) is 1.60. The molecule has 1 aromatic heterocycles. The van der Waals surface area contributed by atoms with Gasteiger partial charge >= 0.3 is 13.1 Å². The zero-order valence-electron chi connectivity index (χ0n) is 19.2. The van der Waals surface area contributed by atoms with Gasteiger partial charge in [0.2, 0.25) is 0 Å². The third-order valence-corrected chi connectivity index (χ3v) is 6.40. The standard InChI is InChI=1S/C25H27BN2O5/c1-24(2)25(3,4)33-26(32-24)19-11-9-16(10-12-19)13-21(23(30)31)28-22(29)18-14-17-7-5-6-8-20(17)27-15-18/h5-12,14-15,21H,13H2,1-4H3,(H,28,29)(H,30,31)/t21-/m0/s1. The summed E-state index contributed by atoms with van der Waals surface area (Å²) in [7, 11) is -0.487. The van der Waals surface area contributed by atoms with Crippen molar-refractivity contribution >= 4 is 35.4 Å². The molecule has 2 aromatic carbocycles. The number of para-hydroxylation sites is 1. The Morgan fingerprint density at radius 1 is 1.03 bits per heavy atom. The van der Waals surface area contributed by atoms with Gasteiger partial charge in [-0.15, -0.1) is 0 Å². The molecule has 1 saturated heterocycles. The Balaban J connectivity index is 1.44. The van der Waals surface area contributed by atoms with E-state index in [0.29, 0.717) is 5.56 Å². The number of carboxylic acids is 1. The molecule has 33 heavy (non-hydrogen) atoms. The first-order chi connectivity index (χ1) is 15.6. The average Bonchev–Trinajstić information content (AvgIpc) is 3.00. The molecule has 0 aliphatic carbocycles. The maximum atomic E-state index is 12.7. The van der Waals surface area contributed by atoms with E-state index in [2.05, 4.69) is 10.3 Å². The number of hydrogen-bond donors (Lipinski definition) is 2. The Kier molecular flexibility index (Phi) is 5.99. The number of aromatic nitrogens is 1. The van der Waals surface area contributed by atoms with E-state index in [1.807, 2.05) is 76.2 Å². The summed E-state index contributed by atoms with van der Waals surface area (Å²) in [4.78, 5) is 28.8. The summed E-state index contributed by atoms with van der Waals surface area (Å²) in [6, 6.07) is 15.5. The van der Waals surface area contributed by atoms with Crippen LogP contribution in [0.5, 0.6) is 0 Å². The van der Waals surface area contributed by atoms with Gasteiger partial charge in [0.05, 0.1) is 22.3 Å². The molecule has 2 heterocycles. The minimum Gasteiger partial charge on any atom is -0.480 e. The topological polar surface area (TPSA) is 97.8 Å². The Bertz CT molecular complexity index is 1180. The van der Waals surface area contributed by atoms with E-state index < -0.39 is 36.2 Å². The molecule has 1 atom stereocenters. The first kappa shape index (κ1) is 23.0. The summed E-state index contributed by atoms with van der Waals surface area (Å²) in [5.41, 5.74) is 1.84. The van der Waals surface area contributed by atoms with Gasteiger partial charge in [-0.2, -0.15) is 0 Å². The van der Waals surface area contributed by atoms with Crippen LogP contribution in [0.15, 0.2) is 60.8 Å². The lowest BCUT2D eigenvalue weighted by Gasteiger charge is -2.32. The van der Waals surface area contributed by atoms with Crippen LogP contribution in [0.4, 0.5) is 0 Å². The number of carbonyl (C=O) groups excluding carboxylic acids is 1. The van der Waals surface area contributed by atoms with Gasteiger partial charge in [0, 0.05) is 18.0 Å². The summed E-state index contributed by atoms with van der Waals surface area (Å²) in [6.45, 7) is 7.97. The molecular weight excluding hydrogens is 419 g/mol. The van der Waals surface area contributed by atoms with Crippen LogP contribution in [0.25, 0.3) is 10.9 Å². The molecule has 3 aromatic rings. The normalized spacial score (nSPS) is 17.6. The minimum absolute atomic E-state index is 0.145. The molecule has 1 aliphatic heterocycles. The second kappa shape index (κ2) is 8.61. The molecule has 1 aliphatic rings. The summed E-state index contributed by atoms with van der Waals surface area (Å²) >= 11 is 0. The number of nitrogens with zero attached hydrogens (tertiary/aromatic N) is 1. The van der Waals surface area contributed by atoms with Crippen molar-refractivity contribution in [1.82, 2.24) is 10.3 Å². The van der Waals surface area contributed by atoms with E-state index in [1.165, 1.54) is 6.20 Å². The SMILES string of the molecule is CC1(C)OB(c2ccc(C[C@H](NC(=O)c3cnc4ccccc4c3)C(=O)O)cc2)OC1(C)C. The number of aliphatic carboxylic acids is 1. The van der Waals surface area contributed by atoms with Crippen molar-refractivity contribution in [2.24, 2.45) is 0 Å². The highest BCUT2D eigenvalue weighted by molar-refractivity contribution is 6.62. The molecule has 8 heteroatoms. The summed E-state index contributed by atoms with van der Waals surface area (Å²) in [5, 5.41) is 13.1. The van der Waals surface area contributed by atoms with Crippen molar-refractivity contribution in [3.8, 4) is 0 Å². The van der Waals surface area contributed by atoms with Crippen LogP contribution in [-0.4, -0.2) is 46.3 Å². The number of fused-ring (bicyclic) bond motifs is 1. The van der Waals surface area contributed by atoms with Crippen LogP contribution in [0, 0.1) is 0 Å². The smallest absolute Gasteiger partial charge is 0.480 e. The van der Waals surface area contributed by atoms with E-state index >= 15 is 0 Å². The van der Waals surface area contributed by atoms with Crippen LogP contribution in [0.3, 0.4) is 0 Å². The molecule has 0 unspecified atom stereocenters. The Labute approximate surface area is 193 Å². The molecule has 4 rings (SSSR count). The van der Waals surface area contributed by atoms with E-state index in [9.17, 15) is 14.7 Å². The molecule has 0 saturated carbocycles. The Hall–Kier alpha value is -3.23. The molecule has 1 amide bonds. The maximum absolute atomic E-state index is 12.7. The molecule has 0 bridgehead atoms. The molecule has 7 nitrogen and oxygen atoms in total. The average molecular weight is 446 g/mol. The highest BCUT2D eigenvalue weighted by Gasteiger charge is 2.51. The Morgan fingerprint density at radius 3 is 2.30 bits per heavy atom. The summed E-state index contributed by atoms with van der Waals surface area (Å²) in [5.74, 6) is -1.58. The second-order valence-electron chi connectivity index (χ2n) is 9.31. The van der Waals surface area contributed by atoms with Gasteiger partial charge < -0.3 is 19.7 Å². The van der Waals surface area contributed by atoms with Gasteiger partial charge in [-0.05, 0) is 50.9 Å². The highest BCUT2D eigenvalue weighted by atomic mass is 16.7. The van der Waals surface area contributed by atoms with Crippen molar-refractivity contribution in [1.29, 1.82) is 0 Å². The van der Waals surface area contributed by atoms with Crippen molar-refractivity contribution < 1.29 is 24.0 Å². The van der Waals surface area contributed by atoms with Crippen LogP contribution in [-0.2, 0) is 20.5 Å². The number of amides is 1. The molecule has 0 spiro atoms. The molecule has 0 radical (unpaired) electrons. The number of hydrogen-bond acceptors (Lipinski definition) is 5. The predicted molar refractivity (Wildman–Crippen MR) is 126 cm³/mol. The zero-order chi connectivity index (χ0) is 23.8. The lowest BCUT2D eigenvalue weighted by Crippen LogP contribution is -2.42. The molecule has 170 valence electrons. The quantitative estimate of drug-likeness (QED) is 0.566. The third kappa shape index (κ3) is 4.77. The van der Waals surface area contributed by atoms with Crippen LogP contribution in [0.1, 0.15) is 43.6 Å². The highest BCUT2D eigenvalue weighted by Crippen LogP contribution is 2.36. The monoisotopic (exact) mass is 446 g/mol. The number of carboxylic acid groups (broad SMARTS) is 1. The number of nitrogens with one attached hydrogen (secondary N) is 1. The van der Waals surface area contributed by atoms with E-state index in [-0.39, 0.29) is 6.42 Å². The van der Waals surface area contributed by atoms with E-state index in [1.54, 1.807) is 6.07 Å². The van der Waals surface area contributed by atoms with E-state index in [0.717, 1.165) is 21.9 Å². The summed E-state index contributed by atoms with van der Waals surface area (Å²) < 4.78 is 12.1. The van der Waals surface area contributed by atoms with Crippen LogP contribution < -0.4 is 10.8 Å². The van der Waals surface area contributed by atoms with Crippen molar-refractivity contribution in [2.45, 2.75) is 51.4 Å². The third-order valence-electron chi connectivity index (χ3n) is 6.40. The Morgan fingerprint density at radius 2 is 1.67 bits per heavy atom. The number of rotatable bonds is 6. The molecule has 2 N–H and O–H groups in total. The zero-order valence-corrected chi connectivity index (χ0v) is 19.2. The number of carbonyl (C=O) groups is 2. The van der Waals surface area contributed by atoms with Gasteiger partial charge in [0.25, 0.3) is 5.91 Å². The van der Waals surface area contributed by atoms with E-state index in [4.69, 9.17) is 9.31 Å². The molecular formula is C25H27BN2O5. The van der Waals surface area contributed by atoms with Crippen molar-refractivity contribution in [3.05, 3.63) is 71.9 Å². The lowest BCUT2D eigenvalue weighted by molar-refractivity contribution is -0.139.